The van der Waals surface area contributed by atoms with Crippen LogP contribution in [0.5, 0.6) is 11.5 Å². The summed E-state index contributed by atoms with van der Waals surface area (Å²) in [4.78, 5) is 16.8. The van der Waals surface area contributed by atoms with E-state index in [1.54, 1.807) is 30.6 Å². The fourth-order valence-corrected chi connectivity index (χ4v) is 4.50. The van der Waals surface area contributed by atoms with E-state index in [0.717, 1.165) is 12.8 Å². The molecule has 0 aliphatic heterocycles. The van der Waals surface area contributed by atoms with Gasteiger partial charge in [0.15, 0.2) is 0 Å². The Morgan fingerprint density at radius 2 is 1.71 bits per heavy atom. The number of nitrogens with one attached hydrogen (secondary N) is 1. The highest BCUT2D eigenvalue weighted by atomic mass is 35.5. The molecule has 3 N–H and O–H groups in total. The number of amides is 1. The van der Waals surface area contributed by atoms with Crippen molar-refractivity contribution in [3.63, 3.8) is 0 Å². The van der Waals surface area contributed by atoms with Gasteiger partial charge in [0.1, 0.15) is 11.5 Å². The molecule has 2 saturated carbocycles. The van der Waals surface area contributed by atoms with Crippen molar-refractivity contribution < 1.29 is 9.53 Å². The van der Waals surface area contributed by atoms with Crippen LogP contribution in [-0.4, -0.2) is 23.0 Å². The maximum atomic E-state index is 12.8. The van der Waals surface area contributed by atoms with E-state index < -0.39 is 0 Å². The van der Waals surface area contributed by atoms with E-state index >= 15 is 0 Å². The smallest absolute Gasteiger partial charge is 0.251 e. The molecule has 2 fully saturated rings. The molecular weight excluding hydrogens is 397 g/mol. The molecule has 7 heteroatoms. The summed E-state index contributed by atoms with van der Waals surface area (Å²) >= 11 is 0. The number of carbonyl (C=O) groups is 1. The van der Waals surface area contributed by atoms with Crippen LogP contribution in [0.15, 0.2) is 48.8 Å². The monoisotopic (exact) mass is 423 g/mol. The first-order valence-electron chi connectivity index (χ1n) is 9.43. The van der Waals surface area contributed by atoms with Crippen molar-refractivity contribution in [1.82, 2.24) is 10.3 Å². The van der Waals surface area contributed by atoms with Crippen molar-refractivity contribution in [2.45, 2.75) is 44.2 Å². The SMILES string of the molecule is Cl.Cl.NC1CC2CCCC(C1)C2NC(=O)c1cccc(Oc2ccncc2)c1. The number of hydrogen-bond acceptors (Lipinski definition) is 4. The topological polar surface area (TPSA) is 77.2 Å². The number of rotatable bonds is 4. The molecule has 1 amide bonds. The van der Waals surface area contributed by atoms with E-state index in [1.165, 1.54) is 19.3 Å². The van der Waals surface area contributed by atoms with Crippen LogP contribution in [0.3, 0.4) is 0 Å². The lowest BCUT2D eigenvalue weighted by atomic mass is 9.67. The molecule has 28 heavy (non-hydrogen) atoms. The maximum absolute atomic E-state index is 12.8. The van der Waals surface area contributed by atoms with Crippen molar-refractivity contribution in [1.29, 1.82) is 0 Å². The van der Waals surface area contributed by atoms with Gasteiger partial charge in [-0.25, -0.2) is 0 Å². The molecule has 152 valence electrons. The van der Waals surface area contributed by atoms with Gasteiger partial charge >= 0.3 is 0 Å². The van der Waals surface area contributed by atoms with E-state index in [4.69, 9.17) is 10.5 Å². The Balaban J connectivity index is 0.00000140. The Hall–Kier alpha value is -1.82. The fraction of sp³-hybridized carbons (Fsp3) is 0.429. The Bertz CT molecular complexity index is 761. The highest BCUT2D eigenvalue weighted by Gasteiger charge is 2.39. The third-order valence-electron chi connectivity index (χ3n) is 5.66. The van der Waals surface area contributed by atoms with Gasteiger partial charge in [-0.1, -0.05) is 12.5 Å². The van der Waals surface area contributed by atoms with Gasteiger partial charge in [0, 0.05) is 30.0 Å². The molecular formula is C21H27Cl2N3O2. The molecule has 5 nitrogen and oxygen atoms in total. The summed E-state index contributed by atoms with van der Waals surface area (Å²) in [6.45, 7) is 0. The number of ether oxygens (including phenoxy) is 1. The van der Waals surface area contributed by atoms with Crippen LogP contribution in [0.25, 0.3) is 0 Å². The van der Waals surface area contributed by atoms with Gasteiger partial charge in [-0.05, 0) is 67.9 Å². The van der Waals surface area contributed by atoms with Crippen LogP contribution in [0.4, 0.5) is 0 Å². The van der Waals surface area contributed by atoms with Crippen LogP contribution < -0.4 is 15.8 Å². The quantitative estimate of drug-likeness (QED) is 0.765. The normalized spacial score (nSPS) is 25.6. The number of halogens is 2. The molecule has 2 aromatic rings. The fourth-order valence-electron chi connectivity index (χ4n) is 4.50. The molecule has 1 aromatic carbocycles. The minimum Gasteiger partial charge on any atom is -0.457 e. The molecule has 2 unspecified atom stereocenters. The molecule has 2 bridgehead atoms. The summed E-state index contributed by atoms with van der Waals surface area (Å²) in [6, 6.07) is 11.4. The first kappa shape index (κ1) is 22.5. The zero-order valence-electron chi connectivity index (χ0n) is 15.6. The van der Waals surface area contributed by atoms with Gasteiger partial charge in [-0.2, -0.15) is 0 Å². The third-order valence-corrected chi connectivity index (χ3v) is 5.66. The highest BCUT2D eigenvalue weighted by molar-refractivity contribution is 5.94. The molecule has 2 aliphatic carbocycles. The van der Waals surface area contributed by atoms with E-state index in [0.29, 0.717) is 28.9 Å². The average Bonchev–Trinajstić information content (AvgIpc) is 2.63. The first-order chi connectivity index (χ1) is 12.7. The number of nitrogens with two attached hydrogens (primary N) is 1. The van der Waals surface area contributed by atoms with Gasteiger partial charge in [0.05, 0.1) is 0 Å². The van der Waals surface area contributed by atoms with Crippen molar-refractivity contribution in [3.8, 4) is 11.5 Å². The Labute approximate surface area is 178 Å². The van der Waals surface area contributed by atoms with Gasteiger partial charge in [0.25, 0.3) is 5.91 Å². The number of nitrogens with zero attached hydrogens (tertiary/aromatic N) is 1. The van der Waals surface area contributed by atoms with E-state index in [1.807, 2.05) is 18.2 Å². The minimum atomic E-state index is -0.0254. The van der Waals surface area contributed by atoms with E-state index in [9.17, 15) is 4.79 Å². The summed E-state index contributed by atoms with van der Waals surface area (Å²) in [6.07, 6.45) is 8.99. The number of carbonyl (C=O) groups excluding carboxylic acids is 1. The summed E-state index contributed by atoms with van der Waals surface area (Å²) < 4.78 is 5.81. The lowest BCUT2D eigenvalue weighted by Gasteiger charge is -2.45. The molecule has 0 spiro atoms. The predicted molar refractivity (Wildman–Crippen MR) is 115 cm³/mol. The zero-order valence-corrected chi connectivity index (χ0v) is 17.3. The second-order valence-corrected chi connectivity index (χ2v) is 7.49. The van der Waals surface area contributed by atoms with Crippen LogP contribution in [0.2, 0.25) is 0 Å². The predicted octanol–water partition coefficient (Wildman–Crippen LogP) is 4.35. The molecule has 0 radical (unpaired) electrons. The second kappa shape index (κ2) is 10.1. The van der Waals surface area contributed by atoms with Gasteiger partial charge in [-0.15, -0.1) is 24.8 Å². The van der Waals surface area contributed by atoms with Crippen molar-refractivity contribution >= 4 is 30.7 Å². The molecule has 1 heterocycles. The number of fused-ring (bicyclic) bond motifs is 2. The van der Waals surface area contributed by atoms with Crippen LogP contribution in [-0.2, 0) is 0 Å². The highest BCUT2D eigenvalue weighted by Crippen LogP contribution is 2.39. The average molecular weight is 424 g/mol. The Morgan fingerprint density at radius 3 is 2.39 bits per heavy atom. The van der Waals surface area contributed by atoms with Crippen molar-refractivity contribution in [2.24, 2.45) is 17.6 Å². The zero-order chi connectivity index (χ0) is 17.9. The first-order valence-corrected chi connectivity index (χ1v) is 9.43. The van der Waals surface area contributed by atoms with Gasteiger partial charge < -0.3 is 15.8 Å². The van der Waals surface area contributed by atoms with Crippen LogP contribution in [0.1, 0.15) is 42.5 Å². The summed E-state index contributed by atoms with van der Waals surface area (Å²) in [7, 11) is 0. The van der Waals surface area contributed by atoms with E-state index in [-0.39, 0.29) is 42.8 Å². The third kappa shape index (κ3) is 5.16. The van der Waals surface area contributed by atoms with Gasteiger partial charge in [-0.3, -0.25) is 9.78 Å². The largest absolute Gasteiger partial charge is 0.457 e. The molecule has 1 aromatic heterocycles. The molecule has 2 atom stereocenters. The Kier molecular flexibility index (Phi) is 8.10. The summed E-state index contributed by atoms with van der Waals surface area (Å²) in [5.74, 6) is 2.35. The molecule has 2 aliphatic rings. The lowest BCUT2D eigenvalue weighted by Crippen LogP contribution is -2.53. The molecule has 4 rings (SSSR count). The van der Waals surface area contributed by atoms with Crippen LogP contribution in [0, 0.1) is 11.8 Å². The number of benzene rings is 1. The minimum absolute atomic E-state index is 0. The summed E-state index contributed by atoms with van der Waals surface area (Å²) in [5.41, 5.74) is 6.82. The molecule has 0 saturated heterocycles. The lowest BCUT2D eigenvalue weighted by molar-refractivity contribution is 0.0756. The second-order valence-electron chi connectivity index (χ2n) is 7.49. The van der Waals surface area contributed by atoms with Crippen molar-refractivity contribution in [3.05, 3.63) is 54.4 Å². The summed E-state index contributed by atoms with van der Waals surface area (Å²) in [5, 5.41) is 3.29. The van der Waals surface area contributed by atoms with Gasteiger partial charge in [0.2, 0.25) is 0 Å². The number of aromatic nitrogens is 1. The van der Waals surface area contributed by atoms with E-state index in [2.05, 4.69) is 10.3 Å². The van der Waals surface area contributed by atoms with Crippen molar-refractivity contribution in [2.75, 3.05) is 0 Å². The Morgan fingerprint density at radius 1 is 1.04 bits per heavy atom. The number of hydrogen-bond donors (Lipinski definition) is 2. The standard InChI is InChI=1S/C21H25N3O2.2ClH/c22-17-11-14-3-1-4-15(12-17)20(14)24-21(25)16-5-2-6-19(13-16)26-18-7-9-23-10-8-18;;/h2,5-10,13-15,17,20H,1,3-4,11-12,22H2,(H,24,25);2*1H. The number of pyridine rings is 1. The maximum Gasteiger partial charge on any atom is 0.251 e. The van der Waals surface area contributed by atoms with Crippen LogP contribution >= 0.6 is 24.8 Å².